The maximum atomic E-state index is 11.9. The highest BCUT2D eigenvalue weighted by Crippen LogP contribution is 2.19. The summed E-state index contributed by atoms with van der Waals surface area (Å²) in [5, 5.41) is 0.0998. The van der Waals surface area contributed by atoms with Gasteiger partial charge in [0, 0.05) is 18.8 Å². The fourth-order valence-electron chi connectivity index (χ4n) is 1.56. The molecule has 1 rings (SSSR count). The highest BCUT2D eigenvalue weighted by molar-refractivity contribution is 8.12. The second kappa shape index (κ2) is 8.80. The molecule has 0 radical (unpaired) electrons. The number of benzene rings is 1. The summed E-state index contributed by atoms with van der Waals surface area (Å²) in [6.07, 6.45) is 0. The lowest BCUT2D eigenvalue weighted by atomic mass is 10.2. The normalized spacial score (nSPS) is 10.3. The van der Waals surface area contributed by atoms with Crippen molar-refractivity contribution >= 4 is 17.0 Å². The lowest BCUT2D eigenvalue weighted by Crippen LogP contribution is -2.26. The van der Waals surface area contributed by atoms with Crippen LogP contribution in [-0.4, -0.2) is 36.5 Å². The van der Waals surface area contributed by atoms with E-state index in [0.29, 0.717) is 11.5 Å². The molecule has 0 aliphatic carbocycles. The maximum Gasteiger partial charge on any atom is 0.281 e. The maximum absolute atomic E-state index is 11.9. The predicted octanol–water partition coefficient (Wildman–Crippen LogP) is 3.73. The third-order valence-corrected chi connectivity index (χ3v) is 3.64. The van der Waals surface area contributed by atoms with Crippen molar-refractivity contribution in [1.82, 2.24) is 4.90 Å². The van der Waals surface area contributed by atoms with E-state index in [2.05, 4.69) is 0 Å². The Morgan fingerprint density at radius 2 is 1.89 bits per heavy atom. The molecule has 1 amide bonds. The van der Waals surface area contributed by atoms with E-state index in [1.54, 1.807) is 17.0 Å². The summed E-state index contributed by atoms with van der Waals surface area (Å²) in [7, 11) is 0. The number of carbonyl (C=O) groups excluding carboxylic acids is 1. The lowest BCUT2D eigenvalue weighted by molar-refractivity contribution is 0.228. The Labute approximate surface area is 118 Å². The Morgan fingerprint density at radius 1 is 1.26 bits per heavy atom. The summed E-state index contributed by atoms with van der Waals surface area (Å²) in [5.41, 5.74) is 1.05. The summed E-state index contributed by atoms with van der Waals surface area (Å²) in [6, 6.07) is 7.40. The van der Waals surface area contributed by atoms with E-state index in [1.165, 1.54) is 11.8 Å². The number of halogens is 1. The molecule has 0 fully saturated rings. The molecular formula is C14H20FNO2S. The third-order valence-electron chi connectivity index (χ3n) is 2.65. The molecule has 0 aliphatic rings. The monoisotopic (exact) mass is 285 g/mol. The molecule has 5 heteroatoms. The number of thioether (sulfide) groups is 1. The number of rotatable bonds is 7. The fourth-order valence-corrected chi connectivity index (χ4v) is 2.48. The summed E-state index contributed by atoms with van der Waals surface area (Å²) >= 11 is 1.30. The topological polar surface area (TPSA) is 29.5 Å². The first kappa shape index (κ1) is 15.8. The molecule has 0 aromatic heterocycles. The van der Waals surface area contributed by atoms with Gasteiger partial charge in [-0.05, 0) is 31.5 Å². The average Bonchev–Trinajstić information content (AvgIpc) is 2.45. The van der Waals surface area contributed by atoms with Crippen LogP contribution < -0.4 is 4.74 Å². The number of nitrogens with zero attached hydrogens (tertiary/aromatic N) is 1. The molecule has 0 aliphatic heterocycles. The molecule has 0 atom stereocenters. The van der Waals surface area contributed by atoms with Crippen LogP contribution in [0.25, 0.3) is 0 Å². The van der Waals surface area contributed by atoms with Crippen LogP contribution in [0.15, 0.2) is 24.3 Å². The van der Waals surface area contributed by atoms with E-state index in [-0.39, 0.29) is 11.8 Å². The van der Waals surface area contributed by atoms with Gasteiger partial charge in [-0.2, -0.15) is 0 Å². The molecule has 0 spiro atoms. The van der Waals surface area contributed by atoms with Crippen molar-refractivity contribution in [3.8, 4) is 5.75 Å². The number of carbonyl (C=O) groups is 1. The summed E-state index contributed by atoms with van der Waals surface area (Å²) in [6.45, 7) is 5.00. The molecule has 1 aromatic carbocycles. The minimum Gasteiger partial charge on any atom is -0.491 e. The van der Waals surface area contributed by atoms with Crippen molar-refractivity contribution in [3.05, 3.63) is 29.8 Å². The molecule has 0 saturated heterocycles. The summed E-state index contributed by atoms with van der Waals surface area (Å²) in [5.74, 6) is 1.29. The van der Waals surface area contributed by atoms with Crippen molar-refractivity contribution in [1.29, 1.82) is 0 Å². The first-order valence-electron chi connectivity index (χ1n) is 6.40. The summed E-state index contributed by atoms with van der Waals surface area (Å²) < 4.78 is 17.1. The van der Waals surface area contributed by atoms with E-state index in [4.69, 9.17) is 4.74 Å². The zero-order chi connectivity index (χ0) is 14.1. The van der Waals surface area contributed by atoms with Crippen molar-refractivity contribution in [3.63, 3.8) is 0 Å². The standard InChI is InChI=1S/C14H20FNO2S/c1-3-16(4-2)14(17)19-11-12-5-7-13(8-6-12)18-10-9-15/h5-8H,3-4,9-11H2,1-2H3. The zero-order valence-corrected chi connectivity index (χ0v) is 12.2. The van der Waals surface area contributed by atoms with Gasteiger partial charge < -0.3 is 9.64 Å². The van der Waals surface area contributed by atoms with E-state index < -0.39 is 6.67 Å². The van der Waals surface area contributed by atoms with Gasteiger partial charge in [-0.25, -0.2) is 4.39 Å². The van der Waals surface area contributed by atoms with Crippen LogP contribution in [0.4, 0.5) is 9.18 Å². The molecule has 0 heterocycles. The molecule has 106 valence electrons. The predicted molar refractivity (Wildman–Crippen MR) is 77.5 cm³/mol. The number of hydrogen-bond acceptors (Lipinski definition) is 3. The van der Waals surface area contributed by atoms with Gasteiger partial charge in [0.15, 0.2) is 0 Å². The van der Waals surface area contributed by atoms with Crippen LogP contribution in [0.2, 0.25) is 0 Å². The minimum atomic E-state index is -0.490. The average molecular weight is 285 g/mol. The second-order valence-corrected chi connectivity index (χ2v) is 4.83. The van der Waals surface area contributed by atoms with Crippen LogP contribution in [0.3, 0.4) is 0 Å². The number of amides is 1. The van der Waals surface area contributed by atoms with E-state index >= 15 is 0 Å². The highest BCUT2D eigenvalue weighted by Gasteiger charge is 2.09. The summed E-state index contributed by atoms with van der Waals surface area (Å²) in [4.78, 5) is 13.6. The van der Waals surface area contributed by atoms with Gasteiger partial charge >= 0.3 is 0 Å². The molecular weight excluding hydrogens is 265 g/mol. The van der Waals surface area contributed by atoms with Gasteiger partial charge in [-0.3, -0.25) is 4.79 Å². The first-order chi connectivity index (χ1) is 9.21. The van der Waals surface area contributed by atoms with Crippen molar-refractivity contribution in [2.75, 3.05) is 26.4 Å². The van der Waals surface area contributed by atoms with Crippen molar-refractivity contribution < 1.29 is 13.9 Å². The minimum absolute atomic E-state index is 0.0779. The second-order valence-electron chi connectivity index (χ2n) is 3.91. The van der Waals surface area contributed by atoms with Gasteiger partial charge in [-0.1, -0.05) is 23.9 Å². The molecule has 3 nitrogen and oxygen atoms in total. The Bertz CT molecular complexity index is 380. The first-order valence-corrected chi connectivity index (χ1v) is 7.39. The van der Waals surface area contributed by atoms with Gasteiger partial charge in [0.05, 0.1) is 0 Å². The third kappa shape index (κ3) is 5.51. The SMILES string of the molecule is CCN(CC)C(=O)SCc1ccc(OCCF)cc1. The van der Waals surface area contributed by atoms with Gasteiger partial charge in [0.1, 0.15) is 19.0 Å². The Hall–Kier alpha value is -1.23. The quantitative estimate of drug-likeness (QED) is 0.764. The molecule has 0 unspecified atom stereocenters. The lowest BCUT2D eigenvalue weighted by Gasteiger charge is -2.17. The van der Waals surface area contributed by atoms with E-state index in [9.17, 15) is 9.18 Å². The number of alkyl halides is 1. The van der Waals surface area contributed by atoms with Crippen LogP contribution in [-0.2, 0) is 5.75 Å². The van der Waals surface area contributed by atoms with Crippen LogP contribution in [0.5, 0.6) is 5.75 Å². The Balaban J connectivity index is 2.43. The van der Waals surface area contributed by atoms with Crippen LogP contribution in [0.1, 0.15) is 19.4 Å². The van der Waals surface area contributed by atoms with Crippen LogP contribution >= 0.6 is 11.8 Å². The van der Waals surface area contributed by atoms with Gasteiger partial charge in [0.25, 0.3) is 5.24 Å². The molecule has 0 saturated carbocycles. The number of ether oxygens (including phenoxy) is 1. The number of hydrogen-bond donors (Lipinski definition) is 0. The van der Waals surface area contributed by atoms with Gasteiger partial charge in [0.2, 0.25) is 0 Å². The van der Waals surface area contributed by atoms with Crippen molar-refractivity contribution in [2.45, 2.75) is 19.6 Å². The Morgan fingerprint density at radius 3 is 2.42 bits per heavy atom. The van der Waals surface area contributed by atoms with E-state index in [1.807, 2.05) is 26.0 Å². The molecule has 0 N–H and O–H groups in total. The molecule has 19 heavy (non-hydrogen) atoms. The fraction of sp³-hybridized carbons (Fsp3) is 0.500. The smallest absolute Gasteiger partial charge is 0.281 e. The molecule has 1 aromatic rings. The van der Waals surface area contributed by atoms with Gasteiger partial charge in [-0.15, -0.1) is 0 Å². The highest BCUT2D eigenvalue weighted by atomic mass is 32.2. The Kier molecular flexibility index (Phi) is 7.33. The van der Waals surface area contributed by atoms with Crippen molar-refractivity contribution in [2.24, 2.45) is 0 Å². The molecule has 0 bridgehead atoms. The van der Waals surface area contributed by atoms with E-state index in [0.717, 1.165) is 18.7 Å². The van der Waals surface area contributed by atoms with Crippen LogP contribution in [0, 0.1) is 0 Å². The largest absolute Gasteiger partial charge is 0.491 e. The zero-order valence-electron chi connectivity index (χ0n) is 11.4.